The van der Waals surface area contributed by atoms with Crippen molar-refractivity contribution in [3.05, 3.63) is 81.8 Å². The van der Waals surface area contributed by atoms with E-state index in [9.17, 15) is 9.59 Å². The van der Waals surface area contributed by atoms with E-state index in [-0.39, 0.29) is 10.6 Å². The Morgan fingerprint density at radius 3 is 2.00 bits per heavy atom. The molecule has 0 unspecified atom stereocenters. The Hall–Kier alpha value is -2.99. The van der Waals surface area contributed by atoms with Gasteiger partial charge in [0.2, 0.25) is 10.6 Å². The minimum absolute atomic E-state index is 0.198. The second-order valence-corrected chi connectivity index (χ2v) is 5.37. The van der Waals surface area contributed by atoms with Gasteiger partial charge in [-0.3, -0.25) is 4.79 Å². The third kappa shape index (κ3) is 5.05. The number of aromatic nitrogens is 1. The van der Waals surface area contributed by atoms with Crippen molar-refractivity contribution in [1.29, 1.82) is 0 Å². The molecule has 2 N–H and O–H groups in total. The van der Waals surface area contributed by atoms with E-state index in [2.05, 4.69) is 4.98 Å². The van der Waals surface area contributed by atoms with Crippen LogP contribution in [0, 0.1) is 0 Å². The van der Waals surface area contributed by atoms with Crippen molar-refractivity contribution in [3.8, 4) is 16.5 Å². The lowest BCUT2D eigenvalue weighted by molar-refractivity contribution is 0.0697. The summed E-state index contributed by atoms with van der Waals surface area (Å²) < 4.78 is -0.198. The zero-order valence-corrected chi connectivity index (χ0v) is 12.7. The van der Waals surface area contributed by atoms with Gasteiger partial charge >= 0.3 is 5.97 Å². The first-order chi connectivity index (χ1) is 11.1. The van der Waals surface area contributed by atoms with Crippen molar-refractivity contribution in [2.75, 3.05) is 0 Å². The molecule has 0 atom stereocenters. The molecule has 5 nitrogen and oxygen atoms in total. The van der Waals surface area contributed by atoms with Crippen LogP contribution in [0.4, 0.5) is 0 Å². The van der Waals surface area contributed by atoms with Crippen LogP contribution in [0.5, 0.6) is 5.88 Å². The van der Waals surface area contributed by atoms with Crippen molar-refractivity contribution >= 4 is 17.3 Å². The number of carbonyl (C=O) groups is 1. The zero-order chi connectivity index (χ0) is 16.7. The molecule has 1 heterocycles. The van der Waals surface area contributed by atoms with Gasteiger partial charge < -0.3 is 10.2 Å². The Kier molecular flexibility index (Phi) is 5.60. The average molecular weight is 327 g/mol. The molecule has 6 heteroatoms. The van der Waals surface area contributed by atoms with Gasteiger partial charge in [-0.15, -0.1) is 0 Å². The fraction of sp³-hybridized carbons (Fsp3) is 0. The first-order valence-corrected chi connectivity index (χ1v) is 7.43. The Labute approximate surface area is 136 Å². The molecule has 0 bridgehead atoms. The molecule has 1 aromatic heterocycles. The maximum atomic E-state index is 11.1. The molecule has 0 fully saturated rings. The predicted octanol–water partition coefficient (Wildman–Crippen LogP) is 3.26. The molecule has 0 aliphatic rings. The highest BCUT2D eigenvalue weighted by Gasteiger charge is 2.02. The fourth-order valence-corrected chi connectivity index (χ4v) is 2.42. The second kappa shape index (κ2) is 7.86. The third-order valence-electron chi connectivity index (χ3n) is 2.70. The van der Waals surface area contributed by atoms with Crippen molar-refractivity contribution in [2.45, 2.75) is 0 Å². The Bertz CT molecular complexity index is 832. The minimum atomic E-state index is -0.879. The molecule has 0 aliphatic carbocycles. The van der Waals surface area contributed by atoms with Crippen LogP contribution in [0.3, 0.4) is 0 Å². The van der Waals surface area contributed by atoms with Gasteiger partial charge in [-0.05, 0) is 12.1 Å². The lowest BCUT2D eigenvalue weighted by atomic mass is 10.2. The summed E-state index contributed by atoms with van der Waals surface area (Å²) in [4.78, 5) is 25.2. The summed E-state index contributed by atoms with van der Waals surface area (Å²) >= 11 is 1.02. The summed E-state index contributed by atoms with van der Waals surface area (Å²) in [7, 11) is 0. The molecule has 0 aliphatic heterocycles. The van der Waals surface area contributed by atoms with Crippen LogP contribution in [0.2, 0.25) is 0 Å². The average Bonchev–Trinajstić information content (AvgIpc) is 2.56. The molecule has 3 aromatic rings. The normalized spacial score (nSPS) is 9.57. The Morgan fingerprint density at radius 1 is 0.957 bits per heavy atom. The molecule has 0 radical (unpaired) electrons. The van der Waals surface area contributed by atoms with E-state index in [1.165, 1.54) is 0 Å². The summed E-state index contributed by atoms with van der Waals surface area (Å²) in [5, 5.41) is 18.1. The maximum Gasteiger partial charge on any atom is 0.335 e. The quantitative estimate of drug-likeness (QED) is 0.754. The van der Waals surface area contributed by atoms with Crippen LogP contribution in [0.25, 0.3) is 10.6 Å². The van der Waals surface area contributed by atoms with Crippen LogP contribution in [-0.2, 0) is 0 Å². The number of carboxylic acids is 1. The van der Waals surface area contributed by atoms with Crippen LogP contribution < -0.4 is 4.74 Å². The first-order valence-electron chi connectivity index (χ1n) is 6.61. The monoisotopic (exact) mass is 327 g/mol. The highest BCUT2D eigenvalue weighted by atomic mass is 32.1. The van der Waals surface area contributed by atoms with E-state index in [1.54, 1.807) is 30.3 Å². The zero-order valence-electron chi connectivity index (χ0n) is 11.9. The van der Waals surface area contributed by atoms with Gasteiger partial charge in [0.15, 0.2) is 0 Å². The number of rotatable bonds is 2. The molecule has 2 aromatic carbocycles. The number of carboxylic acid groups (broad SMARTS) is 1. The molecular weight excluding hydrogens is 314 g/mol. The molecule has 0 amide bonds. The number of hydrogen-bond acceptors (Lipinski definition) is 5. The highest BCUT2D eigenvalue weighted by Crippen LogP contribution is 2.20. The van der Waals surface area contributed by atoms with Crippen molar-refractivity contribution in [1.82, 2.24) is 4.98 Å². The highest BCUT2D eigenvalue weighted by molar-refractivity contribution is 7.12. The van der Waals surface area contributed by atoms with E-state index in [0.717, 1.165) is 23.0 Å². The largest absolute Gasteiger partial charge is 0.493 e. The summed E-state index contributed by atoms with van der Waals surface area (Å²) in [6, 6.07) is 18.7. The maximum absolute atomic E-state index is 11.1. The van der Waals surface area contributed by atoms with Gasteiger partial charge in [-0.1, -0.05) is 59.9 Å². The fourth-order valence-electron chi connectivity index (χ4n) is 1.67. The molecule has 0 saturated carbocycles. The van der Waals surface area contributed by atoms with Crippen molar-refractivity contribution in [2.24, 2.45) is 0 Å². The van der Waals surface area contributed by atoms with Gasteiger partial charge in [0.1, 0.15) is 5.01 Å². The van der Waals surface area contributed by atoms with E-state index in [4.69, 9.17) is 10.2 Å². The SMILES string of the molecule is O=C(O)c1ccccc1.O=c1cc(O)nc(-c2ccccc2)s1. The van der Waals surface area contributed by atoms with Gasteiger partial charge in [0.05, 0.1) is 11.6 Å². The third-order valence-corrected chi connectivity index (χ3v) is 3.54. The van der Waals surface area contributed by atoms with Crippen molar-refractivity contribution in [3.63, 3.8) is 0 Å². The molecule has 23 heavy (non-hydrogen) atoms. The number of aromatic hydroxyl groups is 1. The topological polar surface area (TPSA) is 87.5 Å². The number of hydrogen-bond donors (Lipinski definition) is 2. The Morgan fingerprint density at radius 2 is 1.52 bits per heavy atom. The van der Waals surface area contributed by atoms with Crippen LogP contribution in [-0.4, -0.2) is 21.2 Å². The molecule has 3 rings (SSSR count). The predicted molar refractivity (Wildman–Crippen MR) is 88.9 cm³/mol. The minimum Gasteiger partial charge on any atom is -0.493 e. The van der Waals surface area contributed by atoms with Gasteiger partial charge in [0.25, 0.3) is 0 Å². The van der Waals surface area contributed by atoms with Crippen molar-refractivity contribution < 1.29 is 15.0 Å². The lowest BCUT2D eigenvalue weighted by Gasteiger charge is -1.98. The van der Waals surface area contributed by atoms with E-state index < -0.39 is 5.97 Å². The van der Waals surface area contributed by atoms with Crippen LogP contribution in [0.1, 0.15) is 10.4 Å². The summed E-state index contributed by atoms with van der Waals surface area (Å²) in [6.45, 7) is 0. The summed E-state index contributed by atoms with van der Waals surface area (Å²) in [5.74, 6) is -1.11. The molecule has 0 spiro atoms. The number of benzene rings is 2. The summed E-state index contributed by atoms with van der Waals surface area (Å²) in [5.41, 5.74) is 1.17. The Balaban J connectivity index is 0.000000185. The van der Waals surface area contributed by atoms with E-state index in [0.29, 0.717) is 10.6 Å². The summed E-state index contributed by atoms with van der Waals surface area (Å²) in [6.07, 6.45) is 0. The van der Waals surface area contributed by atoms with Crippen LogP contribution >= 0.6 is 11.3 Å². The molecule has 0 saturated heterocycles. The van der Waals surface area contributed by atoms with E-state index in [1.807, 2.05) is 30.3 Å². The second-order valence-electron chi connectivity index (χ2n) is 4.38. The molecular formula is C17H13NO4S. The smallest absolute Gasteiger partial charge is 0.335 e. The van der Waals surface area contributed by atoms with Gasteiger partial charge in [0, 0.05) is 5.56 Å². The number of nitrogens with zero attached hydrogens (tertiary/aromatic N) is 1. The standard InChI is InChI=1S/C10H7NO2S.C7H6O2/c12-8-6-9(13)14-10(11-8)7-4-2-1-3-5-7;8-7(9)6-4-2-1-3-5-6/h1-6,12H;1-5H,(H,8,9). The molecule has 116 valence electrons. The van der Waals surface area contributed by atoms with Crippen LogP contribution in [0.15, 0.2) is 71.5 Å². The van der Waals surface area contributed by atoms with E-state index >= 15 is 0 Å². The number of aromatic carboxylic acids is 1. The lowest BCUT2D eigenvalue weighted by Crippen LogP contribution is -1.93. The van der Waals surface area contributed by atoms with Gasteiger partial charge in [-0.25, -0.2) is 9.78 Å². The van der Waals surface area contributed by atoms with Gasteiger partial charge in [-0.2, -0.15) is 0 Å². The first kappa shape index (κ1) is 16.4.